The Balaban J connectivity index is 1.89. The third-order valence-electron chi connectivity index (χ3n) is 7.29. The first-order valence-corrected chi connectivity index (χ1v) is 14.6. The molecule has 1 amide bonds. The van der Waals surface area contributed by atoms with Gasteiger partial charge in [-0.05, 0) is 63.4 Å². The van der Waals surface area contributed by atoms with Crippen LogP contribution in [0.25, 0.3) is 5.57 Å². The van der Waals surface area contributed by atoms with Gasteiger partial charge in [0.05, 0.1) is 11.3 Å². The summed E-state index contributed by atoms with van der Waals surface area (Å²) in [5, 5.41) is -0.306. The van der Waals surface area contributed by atoms with Crippen LogP contribution in [0.5, 0.6) is 0 Å². The standard InChI is InChI=1S/C28H40N6O3S/c1-18-16-28(5,6)34(17-18)25-21(26(35)32-38(36,37)23-10-8-9-22(29)30-23)15-20(24(31-25)27(2,3)4)19-11-13-33(7)14-12-19/h8-11,15,18H,12-14,16-17H2,1-7H3,(H2,29,30)(H,32,35). The van der Waals surface area contributed by atoms with Gasteiger partial charge in [0.2, 0.25) is 0 Å². The van der Waals surface area contributed by atoms with Crippen molar-refractivity contribution in [2.24, 2.45) is 5.92 Å². The summed E-state index contributed by atoms with van der Waals surface area (Å²) in [5.41, 5.74) is 8.31. The lowest BCUT2D eigenvalue weighted by molar-refractivity contribution is 0.0981. The van der Waals surface area contributed by atoms with Crippen molar-refractivity contribution in [1.82, 2.24) is 19.6 Å². The number of hydrogen-bond acceptors (Lipinski definition) is 8. The Hall–Kier alpha value is -2.98. The highest BCUT2D eigenvalue weighted by Crippen LogP contribution is 2.41. The summed E-state index contributed by atoms with van der Waals surface area (Å²) in [6.07, 6.45) is 3.93. The summed E-state index contributed by atoms with van der Waals surface area (Å²) in [4.78, 5) is 27.2. The number of pyridine rings is 2. The predicted octanol–water partition coefficient (Wildman–Crippen LogP) is 3.82. The number of rotatable bonds is 5. The molecule has 2 aromatic heterocycles. The number of aromatic nitrogens is 2. The van der Waals surface area contributed by atoms with E-state index in [1.807, 2.05) is 6.07 Å². The molecule has 0 radical (unpaired) electrons. The zero-order valence-electron chi connectivity index (χ0n) is 23.5. The number of anilines is 2. The van der Waals surface area contributed by atoms with Crippen molar-refractivity contribution in [3.8, 4) is 0 Å². The van der Waals surface area contributed by atoms with Crippen LogP contribution in [0.1, 0.15) is 76.0 Å². The highest BCUT2D eigenvalue weighted by Gasteiger charge is 2.40. The monoisotopic (exact) mass is 540 g/mol. The van der Waals surface area contributed by atoms with Crippen LogP contribution in [0.2, 0.25) is 0 Å². The van der Waals surface area contributed by atoms with E-state index in [0.717, 1.165) is 49.3 Å². The molecule has 0 saturated carbocycles. The van der Waals surface area contributed by atoms with Crippen LogP contribution in [0, 0.1) is 5.92 Å². The first-order chi connectivity index (χ1) is 17.6. The zero-order chi connectivity index (χ0) is 28.0. The second kappa shape index (κ2) is 9.96. The number of sulfonamides is 1. The lowest BCUT2D eigenvalue weighted by Crippen LogP contribution is -2.41. The molecule has 0 spiro atoms. The first-order valence-electron chi connectivity index (χ1n) is 13.1. The van der Waals surface area contributed by atoms with Crippen molar-refractivity contribution in [2.75, 3.05) is 37.3 Å². The van der Waals surface area contributed by atoms with Gasteiger partial charge in [-0.3, -0.25) is 4.79 Å². The van der Waals surface area contributed by atoms with Gasteiger partial charge in [0.15, 0.2) is 5.03 Å². The molecule has 0 bridgehead atoms. The van der Waals surface area contributed by atoms with Gasteiger partial charge in [0.1, 0.15) is 11.6 Å². The van der Waals surface area contributed by atoms with Crippen LogP contribution in [0.15, 0.2) is 35.4 Å². The third kappa shape index (κ3) is 5.71. The summed E-state index contributed by atoms with van der Waals surface area (Å²) < 4.78 is 28.5. The largest absolute Gasteiger partial charge is 0.384 e. The fraction of sp³-hybridized carbons (Fsp3) is 0.536. The molecule has 0 aromatic carbocycles. The Morgan fingerprint density at radius 1 is 1.21 bits per heavy atom. The minimum atomic E-state index is -4.25. The van der Waals surface area contributed by atoms with Crippen LogP contribution >= 0.6 is 0 Å². The van der Waals surface area contributed by atoms with Crippen molar-refractivity contribution in [3.05, 3.63) is 47.2 Å². The minimum absolute atomic E-state index is 0.0569. The van der Waals surface area contributed by atoms with Gasteiger partial charge in [0.25, 0.3) is 15.9 Å². The van der Waals surface area contributed by atoms with E-state index in [1.54, 1.807) is 0 Å². The molecule has 2 aromatic rings. The summed E-state index contributed by atoms with van der Waals surface area (Å²) in [7, 11) is -2.18. The number of amides is 1. The number of likely N-dealkylation sites (N-methyl/N-ethyl adjacent to an activating group) is 1. The van der Waals surface area contributed by atoms with E-state index in [1.165, 1.54) is 18.2 Å². The number of nitrogens with one attached hydrogen (secondary N) is 1. The first kappa shape index (κ1) is 28.0. The van der Waals surface area contributed by atoms with E-state index < -0.39 is 15.9 Å². The van der Waals surface area contributed by atoms with Gasteiger partial charge in [-0.15, -0.1) is 0 Å². The van der Waals surface area contributed by atoms with E-state index in [4.69, 9.17) is 10.7 Å². The van der Waals surface area contributed by atoms with Crippen LogP contribution < -0.4 is 15.4 Å². The average Bonchev–Trinajstić information content (AvgIpc) is 3.09. The molecule has 10 heteroatoms. The quantitative estimate of drug-likeness (QED) is 0.587. The van der Waals surface area contributed by atoms with E-state index >= 15 is 0 Å². The van der Waals surface area contributed by atoms with Gasteiger partial charge < -0.3 is 15.5 Å². The van der Waals surface area contributed by atoms with Gasteiger partial charge in [-0.25, -0.2) is 14.7 Å². The molecule has 1 atom stereocenters. The van der Waals surface area contributed by atoms with Gasteiger partial charge in [-0.1, -0.05) is 39.8 Å². The summed E-state index contributed by atoms with van der Waals surface area (Å²) in [5.74, 6) is 0.232. The Morgan fingerprint density at radius 3 is 2.47 bits per heavy atom. The fourth-order valence-corrected chi connectivity index (χ4v) is 6.42. The summed E-state index contributed by atoms with van der Waals surface area (Å²) >= 11 is 0. The predicted molar refractivity (Wildman–Crippen MR) is 152 cm³/mol. The molecule has 1 unspecified atom stereocenters. The van der Waals surface area contributed by atoms with E-state index in [0.29, 0.717) is 11.7 Å². The van der Waals surface area contributed by atoms with Crippen molar-refractivity contribution < 1.29 is 13.2 Å². The SMILES string of the molecule is CC1CN(c2nc(C(C)(C)C)c(C3=CCN(C)CC3)cc2C(=O)NS(=O)(=O)c2cccc(N)n2)C(C)(C)C1. The van der Waals surface area contributed by atoms with E-state index in [-0.39, 0.29) is 27.4 Å². The Labute approximate surface area is 226 Å². The van der Waals surface area contributed by atoms with E-state index in [9.17, 15) is 13.2 Å². The van der Waals surface area contributed by atoms with Crippen molar-refractivity contribution in [1.29, 1.82) is 0 Å². The highest BCUT2D eigenvalue weighted by molar-refractivity contribution is 7.90. The maximum absolute atomic E-state index is 13.8. The van der Waals surface area contributed by atoms with Crippen LogP contribution in [-0.4, -0.2) is 61.4 Å². The Kier molecular flexibility index (Phi) is 7.35. The van der Waals surface area contributed by atoms with Crippen molar-refractivity contribution >= 4 is 33.1 Å². The average molecular weight is 541 g/mol. The molecule has 38 heavy (non-hydrogen) atoms. The summed E-state index contributed by atoms with van der Waals surface area (Å²) in [6, 6.07) is 6.14. The molecule has 3 N–H and O–H groups in total. The van der Waals surface area contributed by atoms with Crippen LogP contribution in [0.4, 0.5) is 11.6 Å². The maximum Gasteiger partial charge on any atom is 0.281 e. The Morgan fingerprint density at radius 2 is 1.92 bits per heavy atom. The lowest BCUT2D eigenvalue weighted by Gasteiger charge is -2.36. The molecule has 1 fully saturated rings. The third-order valence-corrected chi connectivity index (χ3v) is 8.52. The Bertz CT molecular complexity index is 1380. The van der Waals surface area contributed by atoms with Gasteiger partial charge in [-0.2, -0.15) is 8.42 Å². The van der Waals surface area contributed by atoms with Gasteiger partial charge >= 0.3 is 0 Å². The second-order valence-corrected chi connectivity index (χ2v) is 13.9. The van der Waals surface area contributed by atoms with Crippen molar-refractivity contribution in [2.45, 2.75) is 70.4 Å². The lowest BCUT2D eigenvalue weighted by atomic mass is 9.83. The molecule has 206 valence electrons. The molecule has 9 nitrogen and oxygen atoms in total. The molecular weight excluding hydrogens is 500 g/mol. The molecular formula is C28H40N6O3S. The summed E-state index contributed by atoms with van der Waals surface area (Å²) in [6.45, 7) is 15.2. The molecule has 4 rings (SSSR count). The highest BCUT2D eigenvalue weighted by atomic mass is 32.2. The van der Waals surface area contributed by atoms with Gasteiger partial charge in [0, 0.05) is 36.2 Å². The number of nitrogens with zero attached hydrogens (tertiary/aromatic N) is 4. The number of hydrogen-bond donors (Lipinski definition) is 2. The number of nitrogen functional groups attached to an aromatic ring is 1. The number of carbonyl (C=O) groups is 1. The smallest absolute Gasteiger partial charge is 0.281 e. The minimum Gasteiger partial charge on any atom is -0.384 e. The number of nitrogens with two attached hydrogens (primary N) is 1. The molecule has 1 saturated heterocycles. The molecule has 2 aliphatic heterocycles. The molecule has 0 aliphatic carbocycles. The van der Waals surface area contributed by atoms with Crippen molar-refractivity contribution in [3.63, 3.8) is 0 Å². The molecule has 4 heterocycles. The fourth-order valence-electron chi connectivity index (χ4n) is 5.48. The maximum atomic E-state index is 13.8. The second-order valence-electron chi connectivity index (χ2n) is 12.3. The van der Waals surface area contributed by atoms with Crippen LogP contribution in [0.3, 0.4) is 0 Å². The molecule has 2 aliphatic rings. The topological polar surface area (TPSA) is 122 Å². The normalized spacial score (nSPS) is 20.3. The zero-order valence-corrected chi connectivity index (χ0v) is 24.3. The number of carbonyl (C=O) groups excluding carboxylic acids is 1. The van der Waals surface area contributed by atoms with E-state index in [2.05, 4.69) is 74.2 Å². The van der Waals surface area contributed by atoms with Crippen LogP contribution in [-0.2, 0) is 15.4 Å².